The molecule has 30 heavy (non-hydrogen) atoms. The van der Waals surface area contributed by atoms with Crippen molar-refractivity contribution < 1.29 is 34.8 Å². The summed E-state index contributed by atoms with van der Waals surface area (Å²) in [4.78, 5) is 19.8. The highest BCUT2D eigenvalue weighted by molar-refractivity contribution is 5.67. The number of aliphatic carboxylic acids is 2. The second-order valence-corrected chi connectivity index (χ2v) is 7.41. The van der Waals surface area contributed by atoms with Crippen molar-refractivity contribution in [2.45, 2.75) is 83.3 Å². The fourth-order valence-electron chi connectivity index (χ4n) is 2.67. The zero-order chi connectivity index (χ0) is 22.6. The van der Waals surface area contributed by atoms with E-state index in [1.54, 1.807) is 6.92 Å². The highest BCUT2D eigenvalue weighted by Gasteiger charge is 2.07. The molecular formula is C23H38O7. The van der Waals surface area contributed by atoms with Crippen LogP contribution in [0.4, 0.5) is 0 Å². The monoisotopic (exact) mass is 426 g/mol. The SMILES string of the molecule is CC(CO)OCC(O)CCCCCCc1ccccc1.O=C(O)CCCCC(=O)O. The molecule has 0 fully saturated rings. The van der Waals surface area contributed by atoms with Crippen LogP contribution in [0.5, 0.6) is 0 Å². The molecule has 0 amide bonds. The number of aryl methyl sites for hydroxylation is 1. The van der Waals surface area contributed by atoms with Gasteiger partial charge in [-0.15, -0.1) is 0 Å². The first kappa shape index (κ1) is 28.0. The lowest BCUT2D eigenvalue weighted by Crippen LogP contribution is -2.21. The highest BCUT2D eigenvalue weighted by atomic mass is 16.5. The molecule has 2 atom stereocenters. The van der Waals surface area contributed by atoms with Crippen LogP contribution in [0.1, 0.15) is 70.3 Å². The van der Waals surface area contributed by atoms with Gasteiger partial charge in [-0.25, -0.2) is 0 Å². The Morgan fingerprint density at radius 3 is 2.00 bits per heavy atom. The first-order valence-electron chi connectivity index (χ1n) is 10.7. The van der Waals surface area contributed by atoms with Gasteiger partial charge >= 0.3 is 11.9 Å². The van der Waals surface area contributed by atoms with Crippen LogP contribution in [-0.2, 0) is 20.7 Å². The number of unbranched alkanes of at least 4 members (excludes halogenated alkanes) is 4. The van der Waals surface area contributed by atoms with Crippen molar-refractivity contribution in [2.75, 3.05) is 13.2 Å². The smallest absolute Gasteiger partial charge is 0.303 e. The molecule has 172 valence electrons. The van der Waals surface area contributed by atoms with E-state index in [0.29, 0.717) is 19.4 Å². The molecule has 0 radical (unpaired) electrons. The van der Waals surface area contributed by atoms with E-state index >= 15 is 0 Å². The molecular weight excluding hydrogens is 388 g/mol. The van der Waals surface area contributed by atoms with Gasteiger partial charge in [0.15, 0.2) is 0 Å². The molecule has 0 bridgehead atoms. The van der Waals surface area contributed by atoms with Crippen molar-refractivity contribution in [2.24, 2.45) is 0 Å². The minimum atomic E-state index is -0.870. The Kier molecular flexibility index (Phi) is 17.8. The number of rotatable bonds is 16. The fraction of sp³-hybridized carbons (Fsp3) is 0.652. The topological polar surface area (TPSA) is 124 Å². The number of aliphatic hydroxyl groups excluding tert-OH is 2. The predicted octanol–water partition coefficient (Wildman–Crippen LogP) is 3.65. The summed E-state index contributed by atoms with van der Waals surface area (Å²) in [5.41, 5.74) is 1.40. The van der Waals surface area contributed by atoms with Gasteiger partial charge in [0.05, 0.1) is 25.4 Å². The predicted molar refractivity (Wildman–Crippen MR) is 115 cm³/mol. The van der Waals surface area contributed by atoms with Crippen molar-refractivity contribution >= 4 is 11.9 Å². The van der Waals surface area contributed by atoms with Crippen LogP contribution in [0, 0.1) is 0 Å². The number of carboxylic acid groups (broad SMARTS) is 2. The van der Waals surface area contributed by atoms with Gasteiger partial charge in [0.25, 0.3) is 0 Å². The molecule has 0 aromatic heterocycles. The van der Waals surface area contributed by atoms with Crippen LogP contribution < -0.4 is 0 Å². The fourth-order valence-corrected chi connectivity index (χ4v) is 2.67. The maximum absolute atomic E-state index is 9.90. The standard InChI is InChI=1S/C17H28O3.C6H10O4/c1-15(13-18)20-14-17(19)12-8-3-2-5-9-16-10-6-4-7-11-16;7-5(8)3-1-2-4-6(9)10/h4,6-7,10-11,15,17-19H,2-3,5,8-9,12-14H2,1H3;1-4H2,(H,7,8)(H,9,10). The molecule has 0 aliphatic rings. The lowest BCUT2D eigenvalue weighted by atomic mass is 10.0. The zero-order valence-electron chi connectivity index (χ0n) is 18.0. The summed E-state index contributed by atoms with van der Waals surface area (Å²) in [5, 5.41) is 34.8. The molecule has 0 spiro atoms. The number of hydrogen-bond donors (Lipinski definition) is 4. The summed E-state index contributed by atoms with van der Waals surface area (Å²) in [6.07, 6.45) is 6.95. The van der Waals surface area contributed by atoms with Gasteiger partial charge < -0.3 is 25.2 Å². The second kappa shape index (κ2) is 19.0. The molecule has 7 heteroatoms. The van der Waals surface area contributed by atoms with E-state index in [1.165, 1.54) is 18.4 Å². The number of carboxylic acids is 2. The molecule has 0 saturated heterocycles. The quantitative estimate of drug-likeness (QED) is 0.297. The zero-order valence-corrected chi connectivity index (χ0v) is 18.0. The summed E-state index contributed by atoms with van der Waals surface area (Å²) in [6, 6.07) is 10.6. The Morgan fingerprint density at radius 1 is 0.900 bits per heavy atom. The van der Waals surface area contributed by atoms with E-state index in [1.807, 2.05) is 6.07 Å². The van der Waals surface area contributed by atoms with Crippen LogP contribution in [0.2, 0.25) is 0 Å². The van der Waals surface area contributed by atoms with Crippen molar-refractivity contribution in [1.82, 2.24) is 0 Å². The highest BCUT2D eigenvalue weighted by Crippen LogP contribution is 2.10. The summed E-state index contributed by atoms with van der Waals surface area (Å²) in [5.74, 6) is -1.74. The van der Waals surface area contributed by atoms with Crippen LogP contribution >= 0.6 is 0 Å². The van der Waals surface area contributed by atoms with E-state index in [-0.39, 0.29) is 25.6 Å². The molecule has 0 aliphatic heterocycles. The number of aliphatic hydroxyl groups is 2. The Morgan fingerprint density at radius 2 is 1.47 bits per heavy atom. The lowest BCUT2D eigenvalue weighted by molar-refractivity contribution is -0.139. The Hall–Kier alpha value is -1.96. The Balaban J connectivity index is 0.000000710. The third-order valence-corrected chi connectivity index (χ3v) is 4.46. The van der Waals surface area contributed by atoms with E-state index in [0.717, 1.165) is 25.7 Å². The molecule has 1 rings (SSSR count). The molecule has 7 nitrogen and oxygen atoms in total. The van der Waals surface area contributed by atoms with Gasteiger partial charge in [-0.05, 0) is 44.6 Å². The second-order valence-electron chi connectivity index (χ2n) is 7.41. The van der Waals surface area contributed by atoms with Gasteiger partial charge in [-0.1, -0.05) is 49.6 Å². The van der Waals surface area contributed by atoms with Crippen molar-refractivity contribution in [3.05, 3.63) is 35.9 Å². The van der Waals surface area contributed by atoms with Gasteiger partial charge in [-0.2, -0.15) is 0 Å². The van der Waals surface area contributed by atoms with Crippen LogP contribution in [-0.4, -0.2) is 57.8 Å². The van der Waals surface area contributed by atoms with Crippen molar-refractivity contribution in [1.29, 1.82) is 0 Å². The normalized spacial score (nSPS) is 12.5. The van der Waals surface area contributed by atoms with Gasteiger partial charge in [-0.3, -0.25) is 9.59 Å². The summed E-state index contributed by atoms with van der Waals surface area (Å²) in [7, 11) is 0. The molecule has 1 aromatic rings. The van der Waals surface area contributed by atoms with Crippen LogP contribution in [0.25, 0.3) is 0 Å². The Labute approximate surface area is 179 Å². The van der Waals surface area contributed by atoms with Crippen molar-refractivity contribution in [3.63, 3.8) is 0 Å². The maximum Gasteiger partial charge on any atom is 0.303 e. The Bertz CT molecular complexity index is 532. The van der Waals surface area contributed by atoms with Crippen LogP contribution in [0.15, 0.2) is 30.3 Å². The van der Waals surface area contributed by atoms with E-state index < -0.39 is 18.0 Å². The number of ether oxygens (including phenoxy) is 1. The molecule has 4 N–H and O–H groups in total. The summed E-state index contributed by atoms with van der Waals surface area (Å²) in [6.45, 7) is 2.13. The number of benzene rings is 1. The maximum atomic E-state index is 9.90. The van der Waals surface area contributed by atoms with E-state index in [4.69, 9.17) is 20.1 Å². The summed E-state index contributed by atoms with van der Waals surface area (Å²) >= 11 is 0. The third kappa shape index (κ3) is 19.4. The first-order chi connectivity index (χ1) is 14.3. The van der Waals surface area contributed by atoms with Crippen LogP contribution in [0.3, 0.4) is 0 Å². The summed E-state index contributed by atoms with van der Waals surface area (Å²) < 4.78 is 5.29. The van der Waals surface area contributed by atoms with E-state index in [2.05, 4.69) is 24.3 Å². The van der Waals surface area contributed by atoms with Gasteiger partial charge in [0.1, 0.15) is 0 Å². The lowest BCUT2D eigenvalue weighted by Gasteiger charge is -2.14. The number of carbonyl (C=O) groups is 2. The molecule has 0 heterocycles. The molecule has 0 saturated carbocycles. The van der Waals surface area contributed by atoms with Gasteiger partial charge in [0.2, 0.25) is 0 Å². The number of hydrogen-bond acceptors (Lipinski definition) is 5. The average molecular weight is 427 g/mol. The minimum absolute atomic E-state index is 0.00616. The molecule has 1 aromatic carbocycles. The molecule has 0 aliphatic carbocycles. The van der Waals surface area contributed by atoms with E-state index in [9.17, 15) is 14.7 Å². The largest absolute Gasteiger partial charge is 0.481 e. The average Bonchev–Trinajstić information content (AvgIpc) is 2.73. The van der Waals surface area contributed by atoms with Gasteiger partial charge in [0, 0.05) is 12.8 Å². The van der Waals surface area contributed by atoms with Crippen molar-refractivity contribution in [3.8, 4) is 0 Å². The first-order valence-corrected chi connectivity index (χ1v) is 10.7. The third-order valence-electron chi connectivity index (χ3n) is 4.46. The molecule has 2 unspecified atom stereocenters. The minimum Gasteiger partial charge on any atom is -0.481 e.